The summed E-state index contributed by atoms with van der Waals surface area (Å²) in [5.74, 6) is -0.0167. The predicted octanol–water partition coefficient (Wildman–Crippen LogP) is 1.81. The second kappa shape index (κ2) is 5.15. The van der Waals surface area contributed by atoms with Gasteiger partial charge in [-0.25, -0.2) is 4.39 Å². The van der Waals surface area contributed by atoms with Gasteiger partial charge in [0.2, 0.25) is 0 Å². The lowest BCUT2D eigenvalue weighted by atomic mass is 9.80. The number of aromatic nitrogens is 1. The van der Waals surface area contributed by atoms with Gasteiger partial charge in [0.15, 0.2) is 0 Å². The van der Waals surface area contributed by atoms with Gasteiger partial charge in [-0.15, -0.1) is 0 Å². The quantitative estimate of drug-likeness (QED) is 0.887. The molecule has 19 heavy (non-hydrogen) atoms. The van der Waals surface area contributed by atoms with E-state index < -0.39 is 0 Å². The third-order valence-corrected chi connectivity index (χ3v) is 4.20. The lowest BCUT2D eigenvalue weighted by Gasteiger charge is -2.39. The molecule has 3 heterocycles. The van der Waals surface area contributed by atoms with Gasteiger partial charge in [-0.1, -0.05) is 0 Å². The molecule has 2 N–H and O–H groups in total. The zero-order chi connectivity index (χ0) is 13.3. The van der Waals surface area contributed by atoms with E-state index >= 15 is 0 Å². The van der Waals surface area contributed by atoms with Gasteiger partial charge in [-0.3, -0.25) is 4.98 Å². The van der Waals surface area contributed by atoms with Crippen molar-refractivity contribution in [2.45, 2.75) is 30.9 Å². The lowest BCUT2D eigenvalue weighted by molar-refractivity contribution is -0.101. The summed E-state index contributed by atoms with van der Waals surface area (Å²) in [4.78, 5) is 4.10. The highest BCUT2D eigenvalue weighted by Gasteiger charge is 2.42. The van der Waals surface area contributed by atoms with E-state index in [0.717, 1.165) is 31.6 Å². The molecule has 0 aliphatic carbocycles. The molecule has 0 radical (unpaired) electrons. The second-order valence-corrected chi connectivity index (χ2v) is 5.51. The standard InChI is InChI=1S/C14H19FN2O2/c15-11-1-2-12(17-8-11)13(16)10-3-5-19-14(7-10)4-6-18-9-14/h1-2,8,10,13H,3-7,9,16H2. The molecule has 3 unspecified atom stereocenters. The third-order valence-electron chi connectivity index (χ3n) is 4.20. The smallest absolute Gasteiger partial charge is 0.141 e. The largest absolute Gasteiger partial charge is 0.378 e. The third kappa shape index (κ3) is 2.63. The topological polar surface area (TPSA) is 57.4 Å². The Balaban J connectivity index is 1.72. The molecule has 2 fully saturated rings. The van der Waals surface area contributed by atoms with Gasteiger partial charge >= 0.3 is 0 Å². The molecule has 1 aromatic heterocycles. The van der Waals surface area contributed by atoms with Crippen LogP contribution in [0.15, 0.2) is 18.3 Å². The molecule has 3 rings (SSSR count). The molecule has 4 nitrogen and oxygen atoms in total. The van der Waals surface area contributed by atoms with E-state index in [1.54, 1.807) is 6.07 Å². The first-order valence-corrected chi connectivity index (χ1v) is 6.77. The van der Waals surface area contributed by atoms with E-state index in [-0.39, 0.29) is 17.5 Å². The maximum Gasteiger partial charge on any atom is 0.141 e. The molecule has 2 aliphatic rings. The fraction of sp³-hybridized carbons (Fsp3) is 0.643. The predicted molar refractivity (Wildman–Crippen MR) is 68.0 cm³/mol. The number of hydrogen-bond acceptors (Lipinski definition) is 4. The van der Waals surface area contributed by atoms with Crippen LogP contribution in [0, 0.1) is 11.7 Å². The Morgan fingerprint density at radius 3 is 3.00 bits per heavy atom. The number of pyridine rings is 1. The van der Waals surface area contributed by atoms with E-state index in [0.29, 0.717) is 19.1 Å². The minimum absolute atomic E-state index is 0.152. The van der Waals surface area contributed by atoms with Crippen molar-refractivity contribution in [2.75, 3.05) is 19.8 Å². The van der Waals surface area contributed by atoms with Crippen LogP contribution in [0.2, 0.25) is 0 Å². The van der Waals surface area contributed by atoms with Crippen molar-refractivity contribution in [1.82, 2.24) is 4.98 Å². The molecule has 104 valence electrons. The molecule has 2 aliphatic heterocycles. The van der Waals surface area contributed by atoms with Crippen LogP contribution in [-0.4, -0.2) is 30.4 Å². The van der Waals surface area contributed by atoms with Gasteiger partial charge in [0.1, 0.15) is 5.82 Å². The van der Waals surface area contributed by atoms with Crippen molar-refractivity contribution < 1.29 is 13.9 Å². The fourth-order valence-corrected chi connectivity index (χ4v) is 3.06. The highest BCUT2D eigenvalue weighted by molar-refractivity contribution is 5.11. The molecule has 0 saturated carbocycles. The van der Waals surface area contributed by atoms with Crippen LogP contribution in [0.1, 0.15) is 31.0 Å². The summed E-state index contributed by atoms with van der Waals surface area (Å²) in [5, 5.41) is 0. The number of nitrogens with zero attached hydrogens (tertiary/aromatic N) is 1. The van der Waals surface area contributed by atoms with Gasteiger partial charge < -0.3 is 15.2 Å². The van der Waals surface area contributed by atoms with Crippen LogP contribution in [0.25, 0.3) is 0 Å². The van der Waals surface area contributed by atoms with E-state index in [2.05, 4.69) is 4.98 Å². The van der Waals surface area contributed by atoms with E-state index in [9.17, 15) is 4.39 Å². The van der Waals surface area contributed by atoms with Crippen molar-refractivity contribution in [1.29, 1.82) is 0 Å². The SMILES string of the molecule is NC(c1ccc(F)cn1)C1CCOC2(CCOC2)C1. The van der Waals surface area contributed by atoms with Crippen LogP contribution in [-0.2, 0) is 9.47 Å². The summed E-state index contributed by atoms with van der Waals surface area (Å²) in [5.41, 5.74) is 6.89. The van der Waals surface area contributed by atoms with Crippen molar-refractivity contribution >= 4 is 0 Å². The molecule has 1 spiro atoms. The van der Waals surface area contributed by atoms with Crippen molar-refractivity contribution in [3.8, 4) is 0 Å². The minimum atomic E-state index is -0.330. The molecule has 0 aromatic carbocycles. The summed E-state index contributed by atoms with van der Waals surface area (Å²) in [6.45, 7) is 2.13. The zero-order valence-corrected chi connectivity index (χ0v) is 10.8. The Labute approximate surface area is 112 Å². The summed E-state index contributed by atoms with van der Waals surface area (Å²) in [7, 11) is 0. The molecule has 3 atom stereocenters. The molecular weight excluding hydrogens is 247 g/mol. The van der Waals surface area contributed by atoms with Gasteiger partial charge in [0.05, 0.1) is 30.1 Å². The Hall–Kier alpha value is -1.04. The summed E-state index contributed by atoms with van der Waals surface area (Å²) in [6, 6.07) is 2.92. The monoisotopic (exact) mass is 266 g/mol. The molecule has 0 amide bonds. The number of ether oxygens (including phenoxy) is 2. The lowest BCUT2D eigenvalue weighted by Crippen LogP contribution is -2.43. The Morgan fingerprint density at radius 2 is 2.32 bits per heavy atom. The van der Waals surface area contributed by atoms with Crippen LogP contribution in [0.3, 0.4) is 0 Å². The van der Waals surface area contributed by atoms with Gasteiger partial charge in [-0.2, -0.15) is 0 Å². The van der Waals surface area contributed by atoms with Crippen molar-refractivity contribution in [2.24, 2.45) is 11.7 Å². The van der Waals surface area contributed by atoms with Crippen LogP contribution in [0.5, 0.6) is 0 Å². The van der Waals surface area contributed by atoms with Crippen LogP contribution < -0.4 is 5.73 Å². The van der Waals surface area contributed by atoms with E-state index in [1.165, 1.54) is 12.3 Å². The summed E-state index contributed by atoms with van der Waals surface area (Å²) < 4.78 is 24.3. The first kappa shape index (κ1) is 13.0. The molecular formula is C14H19FN2O2. The number of hydrogen-bond donors (Lipinski definition) is 1. The Kier molecular flexibility index (Phi) is 3.52. The van der Waals surface area contributed by atoms with Crippen LogP contribution in [0.4, 0.5) is 4.39 Å². The van der Waals surface area contributed by atoms with Crippen molar-refractivity contribution in [3.63, 3.8) is 0 Å². The summed E-state index contributed by atoms with van der Waals surface area (Å²) in [6.07, 6.45) is 3.98. The summed E-state index contributed by atoms with van der Waals surface area (Å²) >= 11 is 0. The average Bonchev–Trinajstić information content (AvgIpc) is 2.87. The number of nitrogens with two attached hydrogens (primary N) is 1. The number of rotatable bonds is 2. The highest BCUT2D eigenvalue weighted by Crippen LogP contribution is 2.39. The van der Waals surface area contributed by atoms with Gasteiger partial charge in [0.25, 0.3) is 0 Å². The molecule has 2 saturated heterocycles. The van der Waals surface area contributed by atoms with Gasteiger partial charge in [0, 0.05) is 19.6 Å². The maximum absolute atomic E-state index is 12.9. The molecule has 0 bridgehead atoms. The van der Waals surface area contributed by atoms with Crippen molar-refractivity contribution in [3.05, 3.63) is 29.8 Å². The highest BCUT2D eigenvalue weighted by atomic mass is 19.1. The van der Waals surface area contributed by atoms with E-state index in [1.807, 2.05) is 0 Å². The first-order valence-electron chi connectivity index (χ1n) is 6.77. The number of halogens is 1. The maximum atomic E-state index is 12.9. The average molecular weight is 266 g/mol. The molecule has 5 heteroatoms. The van der Waals surface area contributed by atoms with Gasteiger partial charge in [-0.05, 0) is 30.9 Å². The first-order chi connectivity index (χ1) is 9.19. The minimum Gasteiger partial charge on any atom is -0.378 e. The van der Waals surface area contributed by atoms with E-state index in [4.69, 9.17) is 15.2 Å². The zero-order valence-electron chi connectivity index (χ0n) is 10.8. The molecule has 1 aromatic rings. The second-order valence-electron chi connectivity index (χ2n) is 5.51. The Bertz CT molecular complexity index is 432. The fourth-order valence-electron chi connectivity index (χ4n) is 3.06. The normalized spacial score (nSPS) is 32.6. The Morgan fingerprint density at radius 1 is 1.42 bits per heavy atom. The van der Waals surface area contributed by atoms with Crippen LogP contribution >= 0.6 is 0 Å².